The van der Waals surface area contributed by atoms with Gasteiger partial charge in [-0.25, -0.2) is 0 Å². The molecule has 1 atom stereocenters. The fourth-order valence-electron chi connectivity index (χ4n) is 0. The fourth-order valence-corrected chi connectivity index (χ4v) is 0. The van der Waals surface area contributed by atoms with Crippen molar-refractivity contribution in [3.63, 3.8) is 0 Å². The third-order valence-corrected chi connectivity index (χ3v) is 0. The molecule has 0 radical (unpaired) electrons. The Morgan fingerprint density at radius 1 is 1.25 bits per heavy atom. The maximum absolute atomic E-state index is 4.83. The van der Waals surface area contributed by atoms with Gasteiger partial charge in [0.25, 0.3) is 0 Å². The van der Waals surface area contributed by atoms with Crippen LogP contribution >= 0.6 is 29.3 Å². The van der Waals surface area contributed by atoms with Crippen molar-refractivity contribution in [1.82, 2.24) is 0 Å². The van der Waals surface area contributed by atoms with Crippen LogP contribution in [0.1, 0.15) is 0 Å². The maximum atomic E-state index is 4.83. The Morgan fingerprint density at radius 2 is 1.25 bits per heavy atom. The van der Waals surface area contributed by atoms with Gasteiger partial charge in [0.2, 0.25) is 0 Å². The number of halogens is 2. The first-order chi connectivity index (χ1) is 1.41. The first kappa shape index (κ1) is 9.16. The summed E-state index contributed by atoms with van der Waals surface area (Å²) < 4.78 is 0. The van der Waals surface area contributed by atoms with Crippen molar-refractivity contribution in [2.24, 2.45) is 0 Å². The van der Waals surface area contributed by atoms with Crippen LogP contribution < -0.4 is 0 Å². The molecule has 0 saturated carbocycles. The van der Waals surface area contributed by atoms with Gasteiger partial charge >= 0.3 is 34.5 Å². The minimum absolute atomic E-state index is 0. The Bertz CT molecular complexity index is 6.00. The van der Waals surface area contributed by atoms with Crippen LogP contribution in [0.2, 0.25) is 0 Å². The molecule has 0 rings (SSSR count). The van der Waals surface area contributed by atoms with Gasteiger partial charge in [-0.3, -0.25) is 0 Å². The van der Waals surface area contributed by atoms with E-state index < -0.39 is 0 Å². The Balaban J connectivity index is 0. The molecule has 4 heteroatoms. The molecule has 0 aromatic heterocycles. The van der Waals surface area contributed by atoms with E-state index in [0.717, 1.165) is 0 Å². The average Bonchev–Trinajstić information content (AvgIpc) is 0.918. The van der Waals surface area contributed by atoms with Crippen LogP contribution in [0, 0.1) is 0 Å². The van der Waals surface area contributed by atoms with Crippen molar-refractivity contribution in [2.45, 2.75) is 0 Å². The molecule has 0 spiro atoms. The van der Waals surface area contributed by atoms with Crippen LogP contribution in [0.15, 0.2) is 0 Å². The van der Waals surface area contributed by atoms with E-state index in [2.05, 4.69) is 0 Å². The number of rotatable bonds is 0. The van der Waals surface area contributed by atoms with Crippen LogP contribution in [0.4, 0.5) is 0 Å². The van der Waals surface area contributed by atoms with Gasteiger partial charge < -0.3 is 0 Å². The van der Waals surface area contributed by atoms with Crippen LogP contribution in [0.25, 0.3) is 0 Å². The Hall–Kier alpha value is 1.63. The van der Waals surface area contributed by atoms with E-state index in [1.54, 1.807) is 0 Å². The first-order valence-corrected chi connectivity index (χ1v) is 4.47. The Kier molecular flexibility index (Phi) is 20.2. The molecule has 0 aromatic carbocycles. The molecular formula is H3Cl2PRh. The summed E-state index contributed by atoms with van der Waals surface area (Å²) in [5.41, 5.74) is 0. The second-order valence-electron chi connectivity index (χ2n) is 0.0476. The third-order valence-electron chi connectivity index (χ3n) is 0. The normalized spacial score (nSPS) is 5.50. The summed E-state index contributed by atoms with van der Waals surface area (Å²) in [7, 11) is 9.67. The standard InChI is InChI=1S/2ClH.H3P.Rh/h2*1H;1H3;/q;;;+2/p-2. The van der Waals surface area contributed by atoms with E-state index in [1.165, 1.54) is 0 Å². The van der Waals surface area contributed by atoms with Gasteiger partial charge in [0.15, 0.2) is 0 Å². The summed E-state index contributed by atoms with van der Waals surface area (Å²) in [5, 5.41) is 0. The van der Waals surface area contributed by atoms with E-state index in [-0.39, 0.29) is 25.0 Å². The minimum atomic E-state index is -0.226. The molecule has 1 unspecified atom stereocenters. The summed E-state index contributed by atoms with van der Waals surface area (Å²) in [6.07, 6.45) is 0. The van der Waals surface area contributed by atoms with Crippen LogP contribution in [0.5, 0.6) is 0 Å². The summed E-state index contributed by atoms with van der Waals surface area (Å²) in [6, 6.07) is 0. The van der Waals surface area contributed by atoms with Gasteiger partial charge in [0.1, 0.15) is 0 Å². The van der Waals surface area contributed by atoms with E-state index in [1.807, 2.05) is 0 Å². The molecule has 0 bridgehead atoms. The topological polar surface area (TPSA) is 0 Å². The molecule has 0 amide bonds. The van der Waals surface area contributed by atoms with Crippen molar-refractivity contribution in [3.8, 4) is 0 Å². The van der Waals surface area contributed by atoms with Crippen LogP contribution in [-0.2, 0) is 15.1 Å². The molecule has 0 saturated heterocycles. The van der Waals surface area contributed by atoms with Crippen molar-refractivity contribution < 1.29 is 15.1 Å². The SMILES string of the molecule is P.[Cl][Rh][Cl]. The molecule has 0 aliphatic heterocycles. The van der Waals surface area contributed by atoms with E-state index in [4.69, 9.17) is 19.4 Å². The molecule has 0 aliphatic rings. The van der Waals surface area contributed by atoms with Crippen LogP contribution in [-0.4, -0.2) is 0 Å². The van der Waals surface area contributed by atoms with E-state index in [0.29, 0.717) is 0 Å². The van der Waals surface area contributed by atoms with E-state index >= 15 is 0 Å². The van der Waals surface area contributed by atoms with Gasteiger partial charge in [0.05, 0.1) is 0 Å². The molecule has 0 nitrogen and oxygen atoms in total. The van der Waals surface area contributed by atoms with E-state index in [9.17, 15) is 0 Å². The van der Waals surface area contributed by atoms with Gasteiger partial charge in [-0.05, 0) is 0 Å². The Morgan fingerprint density at radius 3 is 1.25 bits per heavy atom. The molecule has 31 valence electrons. The molecule has 0 heterocycles. The van der Waals surface area contributed by atoms with Crippen molar-refractivity contribution in [1.29, 1.82) is 0 Å². The summed E-state index contributed by atoms with van der Waals surface area (Å²) >= 11 is -0.226. The fraction of sp³-hybridized carbons (Fsp3) is 0. The summed E-state index contributed by atoms with van der Waals surface area (Å²) in [6.45, 7) is 0. The first-order valence-electron chi connectivity index (χ1n) is 0.252. The van der Waals surface area contributed by atoms with Gasteiger partial charge in [0, 0.05) is 0 Å². The zero-order valence-corrected chi connectivity index (χ0v) is 6.36. The van der Waals surface area contributed by atoms with Crippen molar-refractivity contribution in [2.75, 3.05) is 0 Å². The molecule has 0 aromatic rings. The Labute approximate surface area is 44.5 Å². The molecule has 4 heavy (non-hydrogen) atoms. The molecule has 0 N–H and O–H groups in total. The van der Waals surface area contributed by atoms with Crippen molar-refractivity contribution >= 4 is 29.3 Å². The quantitative estimate of drug-likeness (QED) is 0.417. The van der Waals surface area contributed by atoms with Gasteiger partial charge in [-0.15, -0.1) is 0 Å². The predicted molar refractivity (Wildman–Crippen MR) is 22.8 cm³/mol. The third kappa shape index (κ3) is 9.44. The zero-order valence-electron chi connectivity index (χ0n) is 1.80. The summed E-state index contributed by atoms with van der Waals surface area (Å²) in [5.74, 6) is 0. The van der Waals surface area contributed by atoms with Crippen LogP contribution in [0.3, 0.4) is 0 Å². The summed E-state index contributed by atoms with van der Waals surface area (Å²) in [4.78, 5) is 0. The molecule has 0 aliphatic carbocycles. The average molecular weight is 208 g/mol. The monoisotopic (exact) mass is 207 g/mol. The second kappa shape index (κ2) is 8.82. The predicted octanol–water partition coefficient (Wildman–Crippen LogP) is 1.43. The van der Waals surface area contributed by atoms with Gasteiger partial charge in [-0.1, -0.05) is 0 Å². The zero-order chi connectivity index (χ0) is 2.71. The number of hydrogen-bond donors (Lipinski definition) is 0. The second-order valence-corrected chi connectivity index (χ2v) is 2.54. The van der Waals surface area contributed by atoms with Gasteiger partial charge in [-0.2, -0.15) is 9.90 Å². The molecule has 0 fully saturated rings. The molecular weight excluding hydrogens is 205 g/mol. The number of hydrogen-bond acceptors (Lipinski definition) is 0. The van der Waals surface area contributed by atoms with Crippen molar-refractivity contribution in [3.05, 3.63) is 0 Å².